The topological polar surface area (TPSA) is 84.3 Å². The first kappa shape index (κ1) is 21.2. The summed E-state index contributed by atoms with van der Waals surface area (Å²) in [7, 11) is 0. The van der Waals surface area contributed by atoms with Crippen LogP contribution in [0.2, 0.25) is 0 Å². The first-order chi connectivity index (χ1) is 15.5. The minimum Gasteiger partial charge on any atom is -0.493 e. The van der Waals surface area contributed by atoms with Crippen LogP contribution in [0.25, 0.3) is 22.0 Å². The Hall–Kier alpha value is -4.00. The van der Waals surface area contributed by atoms with Gasteiger partial charge in [-0.15, -0.1) is 0 Å². The predicted octanol–water partition coefficient (Wildman–Crippen LogP) is 5.19. The molecule has 0 amide bonds. The minimum absolute atomic E-state index is 0.106. The second-order valence-electron chi connectivity index (χ2n) is 7.21. The molecule has 0 bridgehead atoms. The van der Waals surface area contributed by atoms with E-state index in [1.54, 1.807) is 31.2 Å². The summed E-state index contributed by atoms with van der Waals surface area (Å²) in [5.41, 5.74) is 2.51. The first-order valence-corrected chi connectivity index (χ1v) is 10.3. The number of benzene rings is 3. The third-order valence-electron chi connectivity index (χ3n) is 5.09. The van der Waals surface area contributed by atoms with Gasteiger partial charge in [-0.25, -0.2) is 19.2 Å². The third-order valence-corrected chi connectivity index (χ3v) is 5.09. The van der Waals surface area contributed by atoms with Crippen molar-refractivity contribution in [2.24, 2.45) is 0 Å². The molecule has 0 saturated carbocycles. The Morgan fingerprint density at radius 1 is 1.09 bits per heavy atom. The number of aromatic nitrogens is 2. The molecule has 1 aromatic heterocycles. The van der Waals surface area contributed by atoms with Crippen LogP contribution in [0.5, 0.6) is 5.75 Å². The third kappa shape index (κ3) is 4.67. The summed E-state index contributed by atoms with van der Waals surface area (Å²) >= 11 is 0. The zero-order valence-electron chi connectivity index (χ0n) is 17.5. The van der Waals surface area contributed by atoms with Crippen LogP contribution in [0.4, 0.5) is 10.2 Å². The van der Waals surface area contributed by atoms with Crippen molar-refractivity contribution in [1.82, 2.24) is 9.97 Å². The van der Waals surface area contributed by atoms with E-state index in [2.05, 4.69) is 15.3 Å². The van der Waals surface area contributed by atoms with Gasteiger partial charge in [-0.3, -0.25) is 0 Å². The molecule has 0 aliphatic heterocycles. The number of hydrogen-bond donors (Lipinski definition) is 2. The van der Waals surface area contributed by atoms with Gasteiger partial charge in [-0.1, -0.05) is 30.3 Å². The van der Waals surface area contributed by atoms with Gasteiger partial charge in [0, 0.05) is 23.6 Å². The summed E-state index contributed by atoms with van der Waals surface area (Å²) in [4.78, 5) is 19.9. The molecule has 3 aromatic carbocycles. The van der Waals surface area contributed by atoms with Gasteiger partial charge in [0.05, 0.1) is 12.3 Å². The molecule has 4 rings (SSSR count). The van der Waals surface area contributed by atoms with Gasteiger partial charge in [-0.2, -0.15) is 0 Å². The summed E-state index contributed by atoms with van der Waals surface area (Å²) in [5.74, 6) is -0.326. The number of carboxylic acid groups (broad SMARTS) is 1. The largest absolute Gasteiger partial charge is 0.493 e. The Morgan fingerprint density at radius 2 is 1.97 bits per heavy atom. The molecule has 0 aliphatic carbocycles. The molecular weight excluding hydrogens is 409 g/mol. The van der Waals surface area contributed by atoms with Crippen molar-refractivity contribution in [1.29, 1.82) is 0 Å². The lowest BCUT2D eigenvalue weighted by atomic mass is 10.0. The molecule has 162 valence electrons. The van der Waals surface area contributed by atoms with E-state index in [1.165, 1.54) is 18.5 Å². The summed E-state index contributed by atoms with van der Waals surface area (Å²) in [6.07, 6.45) is 2.15. The molecule has 0 atom stereocenters. The second-order valence-corrected chi connectivity index (χ2v) is 7.21. The number of aromatic carboxylic acids is 1. The maximum atomic E-state index is 14.0. The highest BCUT2D eigenvalue weighted by Gasteiger charge is 2.13. The smallest absolute Gasteiger partial charge is 0.339 e. The molecule has 0 saturated heterocycles. The molecule has 0 radical (unpaired) electrons. The standard InChI is InChI=1S/C25H22FN3O3/c1-2-32-23-13-18(8-9-19(23)25(30)31)22-14-24(29-15-28-22)27-11-10-16-6-7-17-4-3-5-21(26)20(17)12-16/h3-9,12-15H,2,10-11H2,1H3,(H,30,31)(H,27,28,29). The number of carbonyl (C=O) groups is 1. The van der Waals surface area contributed by atoms with Crippen molar-refractivity contribution in [3.63, 3.8) is 0 Å². The van der Waals surface area contributed by atoms with Gasteiger partial charge in [0.15, 0.2) is 0 Å². The van der Waals surface area contributed by atoms with Crippen molar-refractivity contribution < 1.29 is 19.0 Å². The van der Waals surface area contributed by atoms with Crippen molar-refractivity contribution in [3.05, 3.63) is 83.9 Å². The highest BCUT2D eigenvalue weighted by atomic mass is 19.1. The molecule has 7 heteroatoms. The van der Waals surface area contributed by atoms with Crippen LogP contribution in [-0.4, -0.2) is 34.2 Å². The average molecular weight is 431 g/mol. The molecule has 0 spiro atoms. The van der Waals surface area contributed by atoms with E-state index < -0.39 is 5.97 Å². The summed E-state index contributed by atoms with van der Waals surface area (Å²) in [6, 6.07) is 17.5. The Bertz CT molecular complexity index is 1280. The lowest BCUT2D eigenvalue weighted by Crippen LogP contribution is -2.07. The Morgan fingerprint density at radius 3 is 2.78 bits per heavy atom. The fourth-order valence-electron chi connectivity index (χ4n) is 3.52. The number of anilines is 1. The molecular formula is C25H22FN3O3. The molecule has 4 aromatic rings. The molecule has 32 heavy (non-hydrogen) atoms. The fourth-order valence-corrected chi connectivity index (χ4v) is 3.52. The minimum atomic E-state index is -1.04. The molecule has 0 aliphatic rings. The summed E-state index contributed by atoms with van der Waals surface area (Å²) in [5, 5.41) is 14.1. The maximum absolute atomic E-state index is 14.0. The number of hydrogen-bond acceptors (Lipinski definition) is 5. The van der Waals surface area contributed by atoms with Crippen LogP contribution in [-0.2, 0) is 6.42 Å². The van der Waals surface area contributed by atoms with E-state index in [1.807, 2.05) is 24.3 Å². The van der Waals surface area contributed by atoms with Crippen molar-refractivity contribution in [3.8, 4) is 17.0 Å². The van der Waals surface area contributed by atoms with Gasteiger partial charge in [0.1, 0.15) is 29.3 Å². The SMILES string of the molecule is CCOc1cc(-c2cc(NCCc3ccc4cccc(F)c4c3)ncn2)ccc1C(=O)O. The Kier molecular flexibility index (Phi) is 6.26. The van der Waals surface area contributed by atoms with Gasteiger partial charge in [0.2, 0.25) is 0 Å². The average Bonchev–Trinajstić information content (AvgIpc) is 2.80. The van der Waals surface area contributed by atoms with Crippen molar-refractivity contribution in [2.75, 3.05) is 18.5 Å². The van der Waals surface area contributed by atoms with Gasteiger partial charge >= 0.3 is 5.97 Å². The second kappa shape index (κ2) is 9.43. The van der Waals surface area contributed by atoms with Crippen LogP contribution in [0.1, 0.15) is 22.8 Å². The van der Waals surface area contributed by atoms with E-state index in [-0.39, 0.29) is 11.4 Å². The van der Waals surface area contributed by atoms with Crippen LogP contribution in [0, 0.1) is 5.82 Å². The van der Waals surface area contributed by atoms with Crippen molar-refractivity contribution in [2.45, 2.75) is 13.3 Å². The number of carboxylic acids is 1. The number of halogens is 1. The fraction of sp³-hybridized carbons (Fsp3) is 0.160. The number of nitrogens with one attached hydrogen (secondary N) is 1. The van der Waals surface area contributed by atoms with Gasteiger partial charge in [-0.05, 0) is 48.6 Å². The number of fused-ring (bicyclic) bond motifs is 1. The maximum Gasteiger partial charge on any atom is 0.339 e. The van der Waals surface area contributed by atoms with Crippen LogP contribution in [0.3, 0.4) is 0 Å². The molecule has 6 nitrogen and oxygen atoms in total. The highest BCUT2D eigenvalue weighted by Crippen LogP contribution is 2.27. The van der Waals surface area contributed by atoms with Crippen LogP contribution in [0.15, 0.2) is 67.0 Å². The van der Waals surface area contributed by atoms with Crippen LogP contribution >= 0.6 is 0 Å². The van der Waals surface area contributed by atoms with E-state index in [0.29, 0.717) is 42.2 Å². The summed E-state index contributed by atoms with van der Waals surface area (Å²) in [6.45, 7) is 2.77. The molecule has 2 N–H and O–H groups in total. The normalized spacial score (nSPS) is 10.8. The van der Waals surface area contributed by atoms with Gasteiger partial charge in [0.25, 0.3) is 0 Å². The molecule has 1 heterocycles. The Labute approximate surface area is 184 Å². The predicted molar refractivity (Wildman–Crippen MR) is 122 cm³/mol. The van der Waals surface area contributed by atoms with E-state index in [4.69, 9.17) is 4.74 Å². The van der Waals surface area contributed by atoms with Crippen LogP contribution < -0.4 is 10.1 Å². The van der Waals surface area contributed by atoms with E-state index in [9.17, 15) is 14.3 Å². The zero-order chi connectivity index (χ0) is 22.5. The van der Waals surface area contributed by atoms with E-state index in [0.717, 1.165) is 16.5 Å². The zero-order valence-corrected chi connectivity index (χ0v) is 17.5. The number of rotatable bonds is 8. The quantitative estimate of drug-likeness (QED) is 0.400. The monoisotopic (exact) mass is 431 g/mol. The number of ether oxygens (including phenoxy) is 1. The highest BCUT2D eigenvalue weighted by molar-refractivity contribution is 5.92. The van der Waals surface area contributed by atoms with Crippen molar-refractivity contribution >= 4 is 22.6 Å². The lowest BCUT2D eigenvalue weighted by Gasteiger charge is -2.11. The molecule has 0 unspecified atom stereocenters. The number of nitrogens with zero attached hydrogens (tertiary/aromatic N) is 2. The summed E-state index contributed by atoms with van der Waals surface area (Å²) < 4.78 is 19.5. The first-order valence-electron chi connectivity index (χ1n) is 10.3. The van der Waals surface area contributed by atoms with E-state index >= 15 is 0 Å². The lowest BCUT2D eigenvalue weighted by molar-refractivity contribution is 0.0692. The molecule has 0 fully saturated rings. The Balaban J connectivity index is 1.47. The van der Waals surface area contributed by atoms with Gasteiger partial charge < -0.3 is 15.2 Å².